The van der Waals surface area contributed by atoms with Crippen LogP contribution in [0.4, 0.5) is 4.39 Å². The molecule has 2 aliphatic rings. The maximum Gasteiger partial charge on any atom is 0.226 e. The van der Waals surface area contributed by atoms with Crippen LogP contribution in [0.25, 0.3) is 11.5 Å². The molecule has 2 fully saturated rings. The molecule has 2 aliphatic heterocycles. The van der Waals surface area contributed by atoms with Crippen LogP contribution >= 0.6 is 0 Å². The number of amides is 1. The van der Waals surface area contributed by atoms with Gasteiger partial charge in [0.15, 0.2) is 0 Å². The van der Waals surface area contributed by atoms with Gasteiger partial charge in [0, 0.05) is 31.6 Å². The summed E-state index contributed by atoms with van der Waals surface area (Å²) < 4.78 is 18.6. The molecular formula is C21H26FN3O2. The Labute approximate surface area is 159 Å². The van der Waals surface area contributed by atoms with Crippen LogP contribution in [0.15, 0.2) is 34.9 Å². The van der Waals surface area contributed by atoms with Gasteiger partial charge in [-0.25, -0.2) is 9.37 Å². The molecule has 1 aromatic carbocycles. The van der Waals surface area contributed by atoms with E-state index in [0.717, 1.165) is 69.7 Å². The van der Waals surface area contributed by atoms with Crippen molar-refractivity contribution in [3.05, 3.63) is 42.0 Å². The van der Waals surface area contributed by atoms with Crippen LogP contribution in [-0.2, 0) is 11.3 Å². The van der Waals surface area contributed by atoms with E-state index in [1.807, 2.05) is 4.90 Å². The van der Waals surface area contributed by atoms with Gasteiger partial charge in [0.25, 0.3) is 0 Å². The third-order valence-electron chi connectivity index (χ3n) is 5.66. The number of nitrogens with zero attached hydrogens (tertiary/aromatic N) is 3. The summed E-state index contributed by atoms with van der Waals surface area (Å²) in [5.74, 6) is 1.10. The molecule has 0 unspecified atom stereocenters. The summed E-state index contributed by atoms with van der Waals surface area (Å²) in [5.41, 5.74) is 1.67. The lowest BCUT2D eigenvalue weighted by Crippen LogP contribution is -2.36. The van der Waals surface area contributed by atoms with Gasteiger partial charge in [-0.3, -0.25) is 9.69 Å². The van der Waals surface area contributed by atoms with Crippen molar-refractivity contribution in [2.45, 2.75) is 38.6 Å². The molecule has 6 heteroatoms. The van der Waals surface area contributed by atoms with Crippen LogP contribution in [0.1, 0.15) is 37.8 Å². The first kappa shape index (κ1) is 18.2. The minimum absolute atomic E-state index is 0.267. The van der Waals surface area contributed by atoms with Crippen LogP contribution in [-0.4, -0.2) is 46.9 Å². The molecule has 0 aliphatic carbocycles. The molecule has 0 bridgehead atoms. The SMILES string of the molecule is O=C(CC1CCN(Cc2coc(-c3ccc(F)cc3)n2)CC1)N1CCCC1. The number of benzene rings is 1. The largest absolute Gasteiger partial charge is 0.444 e. The Morgan fingerprint density at radius 2 is 1.81 bits per heavy atom. The van der Waals surface area contributed by atoms with Crippen molar-refractivity contribution >= 4 is 5.91 Å². The molecule has 144 valence electrons. The van der Waals surface area contributed by atoms with Crippen LogP contribution < -0.4 is 0 Å². The fraction of sp³-hybridized carbons (Fsp3) is 0.524. The molecule has 2 saturated heterocycles. The minimum Gasteiger partial charge on any atom is -0.444 e. The van der Waals surface area contributed by atoms with Gasteiger partial charge in [-0.15, -0.1) is 0 Å². The summed E-state index contributed by atoms with van der Waals surface area (Å²) in [6.45, 7) is 4.60. The Kier molecular flexibility index (Phi) is 5.53. The fourth-order valence-corrected chi connectivity index (χ4v) is 4.03. The molecule has 1 amide bonds. The first-order valence-corrected chi connectivity index (χ1v) is 9.88. The van der Waals surface area contributed by atoms with Gasteiger partial charge in [-0.2, -0.15) is 0 Å². The monoisotopic (exact) mass is 371 g/mol. The van der Waals surface area contributed by atoms with E-state index in [9.17, 15) is 9.18 Å². The summed E-state index contributed by atoms with van der Waals surface area (Å²) in [6, 6.07) is 6.17. The van der Waals surface area contributed by atoms with Crippen LogP contribution in [0, 0.1) is 11.7 Å². The lowest BCUT2D eigenvalue weighted by atomic mass is 9.93. The molecule has 0 atom stereocenters. The van der Waals surface area contributed by atoms with Crippen molar-refractivity contribution in [2.75, 3.05) is 26.2 Å². The van der Waals surface area contributed by atoms with E-state index < -0.39 is 0 Å². The van der Waals surface area contributed by atoms with Gasteiger partial charge >= 0.3 is 0 Å². The number of likely N-dealkylation sites (tertiary alicyclic amines) is 2. The van der Waals surface area contributed by atoms with Crippen molar-refractivity contribution < 1.29 is 13.6 Å². The first-order chi connectivity index (χ1) is 13.2. The predicted octanol–water partition coefficient (Wildman–Crippen LogP) is 3.71. The van der Waals surface area contributed by atoms with E-state index in [0.29, 0.717) is 24.1 Å². The van der Waals surface area contributed by atoms with E-state index in [1.54, 1.807) is 18.4 Å². The molecule has 5 nitrogen and oxygen atoms in total. The molecular weight excluding hydrogens is 345 g/mol. The molecule has 0 spiro atoms. The van der Waals surface area contributed by atoms with Gasteiger partial charge < -0.3 is 9.32 Å². The summed E-state index contributed by atoms with van der Waals surface area (Å²) in [6.07, 6.45) is 6.81. The topological polar surface area (TPSA) is 49.6 Å². The zero-order chi connectivity index (χ0) is 18.6. The van der Waals surface area contributed by atoms with E-state index in [-0.39, 0.29) is 5.82 Å². The Hall–Kier alpha value is -2.21. The van der Waals surface area contributed by atoms with Gasteiger partial charge in [0.1, 0.15) is 12.1 Å². The smallest absolute Gasteiger partial charge is 0.226 e. The molecule has 0 radical (unpaired) electrons. The van der Waals surface area contributed by atoms with Gasteiger partial charge in [0.05, 0.1) is 5.69 Å². The van der Waals surface area contributed by atoms with Crippen molar-refractivity contribution in [3.8, 4) is 11.5 Å². The zero-order valence-corrected chi connectivity index (χ0v) is 15.6. The Morgan fingerprint density at radius 3 is 2.52 bits per heavy atom. The first-order valence-electron chi connectivity index (χ1n) is 9.88. The lowest BCUT2D eigenvalue weighted by molar-refractivity contribution is -0.131. The summed E-state index contributed by atoms with van der Waals surface area (Å²) >= 11 is 0. The molecule has 3 heterocycles. The molecule has 1 aromatic heterocycles. The second kappa shape index (κ2) is 8.21. The van der Waals surface area contributed by atoms with Crippen molar-refractivity contribution in [1.82, 2.24) is 14.8 Å². The number of oxazole rings is 1. The number of piperidine rings is 1. The van der Waals surface area contributed by atoms with E-state index in [2.05, 4.69) is 9.88 Å². The number of carbonyl (C=O) groups excluding carboxylic acids is 1. The van der Waals surface area contributed by atoms with Gasteiger partial charge in [0.2, 0.25) is 11.8 Å². The molecule has 0 saturated carbocycles. The standard InChI is InChI=1S/C21H26FN3O2/c22-18-5-3-17(4-6-18)21-23-19(15-27-21)14-24-11-7-16(8-12-24)13-20(26)25-9-1-2-10-25/h3-6,15-16H,1-2,7-14H2. The molecule has 4 rings (SSSR count). The second-order valence-electron chi connectivity index (χ2n) is 7.66. The maximum atomic E-state index is 13.0. The van der Waals surface area contributed by atoms with E-state index in [1.165, 1.54) is 12.1 Å². The third-order valence-corrected chi connectivity index (χ3v) is 5.66. The highest BCUT2D eigenvalue weighted by Crippen LogP contribution is 2.25. The van der Waals surface area contributed by atoms with Crippen LogP contribution in [0.3, 0.4) is 0 Å². The fourth-order valence-electron chi connectivity index (χ4n) is 4.03. The number of carbonyl (C=O) groups is 1. The lowest BCUT2D eigenvalue weighted by Gasteiger charge is -2.31. The number of rotatable bonds is 5. The Bertz CT molecular complexity index is 760. The highest BCUT2D eigenvalue weighted by molar-refractivity contribution is 5.76. The summed E-state index contributed by atoms with van der Waals surface area (Å²) in [4.78, 5) is 21.2. The van der Waals surface area contributed by atoms with Crippen molar-refractivity contribution in [1.29, 1.82) is 0 Å². The Balaban J connectivity index is 1.26. The summed E-state index contributed by atoms with van der Waals surface area (Å²) in [7, 11) is 0. The van der Waals surface area contributed by atoms with Gasteiger partial charge in [-0.05, 0) is 69.0 Å². The highest BCUT2D eigenvalue weighted by Gasteiger charge is 2.25. The Morgan fingerprint density at radius 1 is 1.11 bits per heavy atom. The van der Waals surface area contributed by atoms with Crippen LogP contribution in [0.5, 0.6) is 0 Å². The average molecular weight is 371 g/mol. The van der Waals surface area contributed by atoms with Crippen molar-refractivity contribution in [3.63, 3.8) is 0 Å². The molecule has 0 N–H and O–H groups in total. The number of hydrogen-bond donors (Lipinski definition) is 0. The van der Waals surface area contributed by atoms with E-state index in [4.69, 9.17) is 4.42 Å². The third kappa shape index (κ3) is 4.56. The molecule has 27 heavy (non-hydrogen) atoms. The normalized spacial score (nSPS) is 18.9. The maximum absolute atomic E-state index is 13.0. The van der Waals surface area contributed by atoms with Crippen LogP contribution in [0.2, 0.25) is 0 Å². The average Bonchev–Trinajstić information content (AvgIpc) is 3.36. The van der Waals surface area contributed by atoms with Crippen molar-refractivity contribution in [2.24, 2.45) is 5.92 Å². The summed E-state index contributed by atoms with van der Waals surface area (Å²) in [5, 5.41) is 0. The number of hydrogen-bond acceptors (Lipinski definition) is 4. The molecule has 2 aromatic rings. The van der Waals surface area contributed by atoms with Gasteiger partial charge in [-0.1, -0.05) is 0 Å². The second-order valence-corrected chi connectivity index (χ2v) is 7.66. The zero-order valence-electron chi connectivity index (χ0n) is 15.6. The number of aromatic nitrogens is 1. The minimum atomic E-state index is -0.267. The number of halogens is 1. The highest BCUT2D eigenvalue weighted by atomic mass is 19.1. The predicted molar refractivity (Wildman–Crippen MR) is 100 cm³/mol. The quantitative estimate of drug-likeness (QED) is 0.804. The van der Waals surface area contributed by atoms with E-state index >= 15 is 0 Å².